The average Bonchev–Trinajstić information content (AvgIpc) is 2.65. The van der Waals surface area contributed by atoms with Crippen LogP contribution in [0.5, 0.6) is 11.5 Å². The number of carbonyl (C=O) groups excluding carboxylic acids is 1. The summed E-state index contributed by atoms with van der Waals surface area (Å²) >= 11 is 0. The fraction of sp³-hybridized carbons (Fsp3) is 0.545. The molecule has 7 nitrogen and oxygen atoms in total. The minimum Gasteiger partial charge on any atom is -0.486 e. The summed E-state index contributed by atoms with van der Waals surface area (Å²) in [6.07, 6.45) is 0.599. The fourth-order valence-electron chi connectivity index (χ4n) is 3.21. The van der Waals surface area contributed by atoms with E-state index in [0.717, 1.165) is 16.6 Å². The van der Waals surface area contributed by atoms with Gasteiger partial charge in [0.15, 0.2) is 17.6 Å². The smallest absolute Gasteiger partial charge is 0.410 e. The lowest BCUT2D eigenvalue weighted by Crippen LogP contribution is -2.46. The third kappa shape index (κ3) is 5.50. The number of pyridine rings is 1. The van der Waals surface area contributed by atoms with Gasteiger partial charge >= 0.3 is 6.09 Å². The van der Waals surface area contributed by atoms with Crippen LogP contribution in [0.3, 0.4) is 0 Å². The number of aliphatic hydroxyl groups is 1. The Balaban J connectivity index is 1.76. The first-order valence-electron chi connectivity index (χ1n) is 10.1. The van der Waals surface area contributed by atoms with Crippen molar-refractivity contribution in [3.8, 4) is 11.5 Å². The Morgan fingerprint density at radius 1 is 1.28 bits per heavy atom. The number of aryl methyl sites for hydroxylation is 1. The minimum atomic E-state index is -0.581. The van der Waals surface area contributed by atoms with Crippen LogP contribution in [0.25, 0.3) is 10.9 Å². The quantitative estimate of drug-likeness (QED) is 0.742. The monoisotopic (exact) mass is 402 g/mol. The van der Waals surface area contributed by atoms with E-state index in [-0.39, 0.29) is 18.8 Å². The maximum atomic E-state index is 12.7. The normalized spacial score (nSPS) is 16.0. The molecule has 29 heavy (non-hydrogen) atoms. The number of ether oxygens (including phenoxy) is 3. The number of amides is 1. The molecule has 2 aromatic rings. The van der Waals surface area contributed by atoms with Crippen molar-refractivity contribution in [2.45, 2.75) is 52.2 Å². The summed E-state index contributed by atoms with van der Waals surface area (Å²) in [5.74, 6) is 1.34. The Labute approximate surface area is 171 Å². The van der Waals surface area contributed by atoms with Crippen molar-refractivity contribution in [3.63, 3.8) is 0 Å². The SMILES string of the molecule is Cc1ccc2c3c(ccc2n1)OC[C@H](CN(CCCCO)C(=O)OC(C)(C)C)O3. The summed E-state index contributed by atoms with van der Waals surface area (Å²) in [4.78, 5) is 18.8. The number of rotatable bonds is 6. The summed E-state index contributed by atoms with van der Waals surface area (Å²) in [6.45, 7) is 8.74. The highest BCUT2D eigenvalue weighted by molar-refractivity contribution is 5.88. The lowest BCUT2D eigenvalue weighted by Gasteiger charge is -2.33. The predicted molar refractivity (Wildman–Crippen MR) is 111 cm³/mol. The first-order valence-corrected chi connectivity index (χ1v) is 10.1. The van der Waals surface area contributed by atoms with Crippen molar-refractivity contribution in [3.05, 3.63) is 30.0 Å². The van der Waals surface area contributed by atoms with Crippen molar-refractivity contribution in [1.29, 1.82) is 0 Å². The van der Waals surface area contributed by atoms with Gasteiger partial charge in [-0.1, -0.05) is 0 Å². The average molecular weight is 402 g/mol. The summed E-state index contributed by atoms with van der Waals surface area (Å²) in [5, 5.41) is 9.96. The van der Waals surface area contributed by atoms with Crippen LogP contribution in [0.4, 0.5) is 4.79 Å². The number of benzene rings is 1. The van der Waals surface area contributed by atoms with Gasteiger partial charge in [0.05, 0.1) is 12.1 Å². The highest BCUT2D eigenvalue weighted by atomic mass is 16.6. The first-order chi connectivity index (χ1) is 13.8. The second-order valence-electron chi connectivity index (χ2n) is 8.32. The molecule has 1 amide bonds. The topological polar surface area (TPSA) is 81.1 Å². The van der Waals surface area contributed by atoms with E-state index in [1.54, 1.807) is 4.90 Å². The van der Waals surface area contributed by atoms with Crippen molar-refractivity contribution < 1.29 is 24.1 Å². The standard InChI is InChI=1S/C22H30N2O5/c1-15-7-8-17-18(23-15)9-10-19-20(17)28-16(14-27-19)13-24(11-5-6-12-25)21(26)29-22(2,3)4/h7-10,16,25H,5-6,11-14H2,1-4H3/t16-/m0/s1. The van der Waals surface area contributed by atoms with Crippen LogP contribution in [0.1, 0.15) is 39.3 Å². The maximum absolute atomic E-state index is 12.7. The Kier molecular flexibility index (Phi) is 6.47. The zero-order chi connectivity index (χ0) is 21.0. The van der Waals surface area contributed by atoms with Crippen LogP contribution < -0.4 is 9.47 Å². The number of nitrogens with zero attached hydrogens (tertiary/aromatic N) is 2. The predicted octanol–water partition coefficient (Wildman–Crippen LogP) is 3.69. The third-order valence-electron chi connectivity index (χ3n) is 4.55. The van der Waals surface area contributed by atoms with Gasteiger partial charge in [-0.3, -0.25) is 4.98 Å². The summed E-state index contributed by atoms with van der Waals surface area (Å²) < 4.78 is 17.7. The Bertz CT molecular complexity index is 862. The molecule has 7 heteroatoms. The largest absolute Gasteiger partial charge is 0.486 e. The van der Waals surface area contributed by atoms with E-state index < -0.39 is 5.60 Å². The molecular weight excluding hydrogens is 372 g/mol. The van der Waals surface area contributed by atoms with Gasteiger partial charge in [0.1, 0.15) is 12.2 Å². The van der Waals surface area contributed by atoms with Crippen LogP contribution in [-0.4, -0.2) is 59.1 Å². The number of unbranched alkanes of at least 4 members (excludes halogenated alkanes) is 1. The van der Waals surface area contributed by atoms with Crippen LogP contribution in [-0.2, 0) is 4.74 Å². The Morgan fingerprint density at radius 2 is 2.07 bits per heavy atom. The van der Waals surface area contributed by atoms with Gasteiger partial charge in [-0.05, 0) is 64.8 Å². The van der Waals surface area contributed by atoms with Crippen LogP contribution in [0, 0.1) is 6.92 Å². The molecule has 0 unspecified atom stereocenters. The molecule has 0 radical (unpaired) electrons. The van der Waals surface area contributed by atoms with Gasteiger partial charge in [-0.15, -0.1) is 0 Å². The Morgan fingerprint density at radius 3 is 2.79 bits per heavy atom. The van der Waals surface area contributed by atoms with Gasteiger partial charge in [0, 0.05) is 24.2 Å². The van der Waals surface area contributed by atoms with E-state index in [2.05, 4.69) is 4.98 Å². The fourth-order valence-corrected chi connectivity index (χ4v) is 3.21. The summed E-state index contributed by atoms with van der Waals surface area (Å²) in [5.41, 5.74) is 1.20. The molecule has 1 aliphatic heterocycles. The molecule has 0 saturated heterocycles. The maximum Gasteiger partial charge on any atom is 0.410 e. The molecule has 1 N–H and O–H groups in total. The highest BCUT2D eigenvalue weighted by Crippen LogP contribution is 2.38. The van der Waals surface area contributed by atoms with E-state index in [1.807, 2.05) is 52.0 Å². The molecule has 1 atom stereocenters. The number of hydrogen-bond donors (Lipinski definition) is 1. The second kappa shape index (κ2) is 8.86. The highest BCUT2D eigenvalue weighted by Gasteiger charge is 2.29. The number of hydrogen-bond acceptors (Lipinski definition) is 6. The van der Waals surface area contributed by atoms with Gasteiger partial charge < -0.3 is 24.2 Å². The zero-order valence-electron chi connectivity index (χ0n) is 17.6. The molecule has 1 aromatic heterocycles. The van der Waals surface area contributed by atoms with Crippen LogP contribution in [0.2, 0.25) is 0 Å². The van der Waals surface area contributed by atoms with Crippen molar-refractivity contribution >= 4 is 17.0 Å². The van der Waals surface area contributed by atoms with E-state index in [9.17, 15) is 4.79 Å². The molecule has 3 rings (SSSR count). The van der Waals surface area contributed by atoms with E-state index in [4.69, 9.17) is 19.3 Å². The summed E-state index contributed by atoms with van der Waals surface area (Å²) in [6, 6.07) is 7.71. The molecule has 2 heterocycles. The van der Waals surface area contributed by atoms with Crippen molar-refractivity contribution in [2.75, 3.05) is 26.3 Å². The molecule has 1 aromatic carbocycles. The van der Waals surface area contributed by atoms with E-state index >= 15 is 0 Å². The van der Waals surface area contributed by atoms with Gasteiger partial charge in [-0.25, -0.2) is 4.79 Å². The molecule has 158 valence electrons. The number of fused-ring (bicyclic) bond motifs is 3. The number of aliphatic hydroxyl groups excluding tert-OH is 1. The molecule has 0 aliphatic carbocycles. The number of aromatic nitrogens is 1. The molecule has 0 bridgehead atoms. The second-order valence-corrected chi connectivity index (χ2v) is 8.32. The minimum absolute atomic E-state index is 0.0942. The van der Waals surface area contributed by atoms with Gasteiger partial charge in [0.2, 0.25) is 0 Å². The van der Waals surface area contributed by atoms with Crippen molar-refractivity contribution in [1.82, 2.24) is 9.88 Å². The van der Waals surface area contributed by atoms with E-state index in [0.29, 0.717) is 44.0 Å². The first kappa shape index (κ1) is 21.2. The lowest BCUT2D eigenvalue weighted by molar-refractivity contribution is 0.00806. The number of carbonyl (C=O) groups is 1. The Hall–Kier alpha value is -2.54. The van der Waals surface area contributed by atoms with Crippen LogP contribution in [0.15, 0.2) is 24.3 Å². The summed E-state index contributed by atoms with van der Waals surface area (Å²) in [7, 11) is 0. The molecule has 0 fully saturated rings. The molecular formula is C22H30N2O5. The molecule has 0 saturated carbocycles. The lowest BCUT2D eigenvalue weighted by atomic mass is 10.1. The third-order valence-corrected chi connectivity index (χ3v) is 4.55. The van der Waals surface area contributed by atoms with Crippen LogP contribution >= 0.6 is 0 Å². The van der Waals surface area contributed by atoms with Gasteiger partial charge in [0.25, 0.3) is 0 Å². The van der Waals surface area contributed by atoms with Crippen molar-refractivity contribution in [2.24, 2.45) is 0 Å². The molecule has 0 spiro atoms. The molecule has 1 aliphatic rings. The zero-order valence-corrected chi connectivity index (χ0v) is 17.6. The van der Waals surface area contributed by atoms with Gasteiger partial charge in [-0.2, -0.15) is 0 Å². The van der Waals surface area contributed by atoms with E-state index in [1.165, 1.54) is 0 Å².